The van der Waals surface area contributed by atoms with Gasteiger partial charge < -0.3 is 9.88 Å². The molecule has 0 aliphatic carbocycles. The van der Waals surface area contributed by atoms with E-state index in [4.69, 9.17) is 0 Å². The molecular formula is C14H19FN2. The van der Waals surface area contributed by atoms with Crippen LogP contribution in [0.15, 0.2) is 24.3 Å². The minimum absolute atomic E-state index is 0.168. The molecule has 0 aliphatic rings. The molecule has 1 N–H and O–H groups in total. The molecule has 2 rings (SSSR count). The summed E-state index contributed by atoms with van der Waals surface area (Å²) in [5, 5.41) is 4.22. The number of halogens is 1. The molecule has 2 aromatic rings. The van der Waals surface area contributed by atoms with E-state index in [2.05, 4.69) is 29.8 Å². The molecule has 1 aromatic carbocycles. The van der Waals surface area contributed by atoms with Crippen molar-refractivity contribution in [2.75, 3.05) is 7.05 Å². The Morgan fingerprint density at radius 1 is 1.35 bits per heavy atom. The first-order valence-corrected chi connectivity index (χ1v) is 6.10. The van der Waals surface area contributed by atoms with Crippen molar-refractivity contribution in [1.29, 1.82) is 0 Å². The number of aryl methyl sites for hydroxylation is 1. The number of nitrogens with zero attached hydrogens (tertiary/aromatic N) is 1. The lowest BCUT2D eigenvalue weighted by molar-refractivity contribution is 0.581. The van der Waals surface area contributed by atoms with Crippen molar-refractivity contribution < 1.29 is 4.39 Å². The fourth-order valence-corrected chi connectivity index (χ4v) is 2.26. The van der Waals surface area contributed by atoms with Gasteiger partial charge in [-0.15, -0.1) is 0 Å². The number of likely N-dealkylation sites (N-methyl/N-ethyl adjacent to an activating group) is 1. The van der Waals surface area contributed by atoms with Gasteiger partial charge in [0.05, 0.1) is 0 Å². The second kappa shape index (κ2) is 4.88. The summed E-state index contributed by atoms with van der Waals surface area (Å²) in [6.07, 6.45) is 0.959. The molecule has 0 spiro atoms. The monoisotopic (exact) mass is 234 g/mol. The van der Waals surface area contributed by atoms with Gasteiger partial charge >= 0.3 is 0 Å². The van der Waals surface area contributed by atoms with Crippen LogP contribution in [0, 0.1) is 5.82 Å². The van der Waals surface area contributed by atoms with Crippen LogP contribution in [-0.2, 0) is 13.0 Å². The fourth-order valence-electron chi connectivity index (χ4n) is 2.26. The van der Waals surface area contributed by atoms with Crippen LogP contribution < -0.4 is 5.32 Å². The van der Waals surface area contributed by atoms with Crippen molar-refractivity contribution in [2.24, 2.45) is 0 Å². The summed E-state index contributed by atoms with van der Waals surface area (Å²) in [6.45, 7) is 5.19. The number of rotatable bonds is 4. The fraction of sp³-hybridized carbons (Fsp3) is 0.429. The highest BCUT2D eigenvalue weighted by Gasteiger charge is 2.10. The highest BCUT2D eigenvalue weighted by atomic mass is 19.1. The number of hydrogen-bond donors (Lipinski definition) is 1. The molecule has 0 saturated carbocycles. The van der Waals surface area contributed by atoms with Crippen LogP contribution in [0.1, 0.15) is 19.5 Å². The predicted molar refractivity (Wildman–Crippen MR) is 69.8 cm³/mol. The molecule has 1 unspecified atom stereocenters. The van der Waals surface area contributed by atoms with E-state index in [9.17, 15) is 4.39 Å². The normalized spacial score (nSPS) is 13.2. The summed E-state index contributed by atoms with van der Waals surface area (Å²) in [6, 6.07) is 7.51. The predicted octanol–water partition coefficient (Wildman–Crippen LogP) is 2.95. The van der Waals surface area contributed by atoms with E-state index in [1.54, 1.807) is 6.07 Å². The first-order valence-electron chi connectivity index (χ1n) is 6.10. The first-order chi connectivity index (χ1) is 8.15. The van der Waals surface area contributed by atoms with E-state index in [1.165, 1.54) is 11.8 Å². The van der Waals surface area contributed by atoms with E-state index < -0.39 is 0 Å². The molecule has 0 fully saturated rings. The SMILES string of the molecule is CCn1c(CC(C)NC)cc2cc(F)ccc21. The lowest BCUT2D eigenvalue weighted by Gasteiger charge is -2.12. The maximum Gasteiger partial charge on any atom is 0.123 e. The third kappa shape index (κ3) is 2.34. The van der Waals surface area contributed by atoms with Crippen molar-refractivity contribution in [2.45, 2.75) is 32.9 Å². The summed E-state index contributed by atoms with van der Waals surface area (Å²) >= 11 is 0. The van der Waals surface area contributed by atoms with Gasteiger partial charge in [0.1, 0.15) is 5.82 Å². The minimum atomic E-state index is -0.168. The maximum atomic E-state index is 13.2. The lowest BCUT2D eigenvalue weighted by atomic mass is 10.2. The third-order valence-corrected chi connectivity index (χ3v) is 3.27. The number of aromatic nitrogens is 1. The van der Waals surface area contributed by atoms with Crippen molar-refractivity contribution in [3.8, 4) is 0 Å². The van der Waals surface area contributed by atoms with E-state index >= 15 is 0 Å². The highest BCUT2D eigenvalue weighted by Crippen LogP contribution is 2.22. The van der Waals surface area contributed by atoms with Gasteiger partial charge in [0.2, 0.25) is 0 Å². The van der Waals surface area contributed by atoms with E-state index in [1.807, 2.05) is 13.1 Å². The molecule has 0 amide bonds. The second-order valence-corrected chi connectivity index (χ2v) is 4.48. The summed E-state index contributed by atoms with van der Waals surface area (Å²) in [5.74, 6) is -0.168. The first kappa shape index (κ1) is 12.1. The molecular weight excluding hydrogens is 215 g/mol. The zero-order valence-corrected chi connectivity index (χ0v) is 10.6. The molecule has 1 atom stereocenters. The van der Waals surface area contributed by atoms with Crippen LogP contribution in [0.25, 0.3) is 10.9 Å². The quantitative estimate of drug-likeness (QED) is 0.860. The van der Waals surface area contributed by atoms with Crippen LogP contribution in [0.3, 0.4) is 0 Å². The van der Waals surface area contributed by atoms with Crippen molar-refractivity contribution in [3.63, 3.8) is 0 Å². The van der Waals surface area contributed by atoms with Gasteiger partial charge in [-0.3, -0.25) is 0 Å². The minimum Gasteiger partial charge on any atom is -0.345 e. The summed E-state index contributed by atoms with van der Waals surface area (Å²) < 4.78 is 15.4. The van der Waals surface area contributed by atoms with Crippen molar-refractivity contribution >= 4 is 10.9 Å². The van der Waals surface area contributed by atoms with E-state index in [0.29, 0.717) is 6.04 Å². The number of fused-ring (bicyclic) bond motifs is 1. The average Bonchev–Trinajstić information content (AvgIpc) is 2.64. The molecule has 0 bridgehead atoms. The smallest absolute Gasteiger partial charge is 0.123 e. The molecule has 2 nitrogen and oxygen atoms in total. The summed E-state index contributed by atoms with van der Waals surface area (Å²) in [5.41, 5.74) is 2.38. The van der Waals surface area contributed by atoms with Crippen molar-refractivity contribution in [1.82, 2.24) is 9.88 Å². The Balaban J connectivity index is 2.48. The Labute approximate surface area is 101 Å². The molecule has 0 aliphatic heterocycles. The molecule has 3 heteroatoms. The molecule has 92 valence electrons. The van der Waals surface area contributed by atoms with E-state index in [0.717, 1.165) is 23.9 Å². The number of nitrogens with one attached hydrogen (secondary N) is 1. The summed E-state index contributed by atoms with van der Waals surface area (Å²) in [4.78, 5) is 0. The standard InChI is InChI=1S/C14H19FN2/c1-4-17-13(7-10(2)16-3)9-11-8-12(15)5-6-14(11)17/h5-6,8-10,16H,4,7H2,1-3H3. The van der Waals surface area contributed by atoms with E-state index in [-0.39, 0.29) is 5.82 Å². The number of hydrogen-bond acceptors (Lipinski definition) is 1. The van der Waals surface area contributed by atoms with Gasteiger partial charge in [0.25, 0.3) is 0 Å². The largest absolute Gasteiger partial charge is 0.345 e. The third-order valence-electron chi connectivity index (χ3n) is 3.27. The molecule has 1 heterocycles. The van der Waals surface area contributed by atoms with Gasteiger partial charge in [0.15, 0.2) is 0 Å². The van der Waals surface area contributed by atoms with Gasteiger partial charge in [-0.05, 0) is 45.2 Å². The highest BCUT2D eigenvalue weighted by molar-refractivity contribution is 5.81. The molecule has 0 saturated heterocycles. The van der Waals surface area contributed by atoms with Crippen molar-refractivity contribution in [3.05, 3.63) is 35.8 Å². The molecule has 17 heavy (non-hydrogen) atoms. The second-order valence-electron chi connectivity index (χ2n) is 4.48. The topological polar surface area (TPSA) is 17.0 Å². The molecule has 1 aromatic heterocycles. The lowest BCUT2D eigenvalue weighted by Crippen LogP contribution is -2.24. The van der Waals surface area contributed by atoms with Crippen LogP contribution in [0.5, 0.6) is 0 Å². The van der Waals surface area contributed by atoms with Crippen LogP contribution in [0.2, 0.25) is 0 Å². The Kier molecular flexibility index (Phi) is 3.48. The van der Waals surface area contributed by atoms with Gasteiger partial charge in [0, 0.05) is 35.6 Å². The molecule has 0 radical (unpaired) electrons. The zero-order chi connectivity index (χ0) is 12.4. The Bertz CT molecular complexity index is 516. The Hall–Kier alpha value is -1.35. The van der Waals surface area contributed by atoms with Gasteiger partial charge in [-0.2, -0.15) is 0 Å². The Morgan fingerprint density at radius 3 is 2.76 bits per heavy atom. The van der Waals surface area contributed by atoms with Crippen LogP contribution in [-0.4, -0.2) is 17.7 Å². The maximum absolute atomic E-state index is 13.2. The zero-order valence-electron chi connectivity index (χ0n) is 10.6. The van der Waals surface area contributed by atoms with Gasteiger partial charge in [-0.25, -0.2) is 4.39 Å². The van der Waals surface area contributed by atoms with Crippen LogP contribution in [0.4, 0.5) is 4.39 Å². The Morgan fingerprint density at radius 2 is 2.12 bits per heavy atom. The van der Waals surface area contributed by atoms with Gasteiger partial charge in [-0.1, -0.05) is 0 Å². The van der Waals surface area contributed by atoms with Crippen LogP contribution >= 0.6 is 0 Å². The number of benzene rings is 1. The summed E-state index contributed by atoms with van der Waals surface area (Å²) in [7, 11) is 1.96. The average molecular weight is 234 g/mol.